The van der Waals surface area contributed by atoms with E-state index in [1.165, 1.54) is 0 Å². The highest BCUT2D eigenvalue weighted by Gasteiger charge is 2.27. The number of nitrogens with one attached hydrogen (secondary N) is 1. The predicted octanol–water partition coefficient (Wildman–Crippen LogP) is 0.569. The van der Waals surface area contributed by atoms with E-state index >= 15 is 0 Å². The standard InChI is InChI=1S/C9H17NO3S.ClH/c11-14(12)5-1-8(2-6-14)7-9-10-3-4-13-9;/h8-10H,1-7H2;1H. The number of rotatable bonds is 2. The summed E-state index contributed by atoms with van der Waals surface area (Å²) in [5.41, 5.74) is 0. The fraction of sp³-hybridized carbons (Fsp3) is 1.00. The van der Waals surface area contributed by atoms with Gasteiger partial charge in [-0.15, -0.1) is 12.4 Å². The molecule has 0 radical (unpaired) electrons. The zero-order chi connectivity index (χ0) is 10.0. The minimum absolute atomic E-state index is 0. The minimum Gasteiger partial charge on any atom is -0.362 e. The smallest absolute Gasteiger partial charge is 0.150 e. The first-order valence-electron chi connectivity index (χ1n) is 5.21. The van der Waals surface area contributed by atoms with Crippen LogP contribution in [0.4, 0.5) is 0 Å². The van der Waals surface area contributed by atoms with Crippen molar-refractivity contribution >= 4 is 22.2 Å². The summed E-state index contributed by atoms with van der Waals surface area (Å²) in [6, 6.07) is 0. The Balaban J connectivity index is 0.00000112. The first kappa shape index (κ1) is 13.2. The highest BCUT2D eigenvalue weighted by molar-refractivity contribution is 7.91. The van der Waals surface area contributed by atoms with Gasteiger partial charge in [0.25, 0.3) is 0 Å². The molecule has 90 valence electrons. The second-order valence-corrected chi connectivity index (χ2v) is 6.45. The van der Waals surface area contributed by atoms with E-state index < -0.39 is 9.84 Å². The molecule has 6 heteroatoms. The van der Waals surface area contributed by atoms with E-state index in [9.17, 15) is 8.42 Å². The number of hydrogen-bond donors (Lipinski definition) is 1. The quantitative estimate of drug-likeness (QED) is 0.784. The predicted molar refractivity (Wildman–Crippen MR) is 61.0 cm³/mol. The SMILES string of the molecule is Cl.O=S1(=O)CCC(CC2NCCO2)CC1. The molecule has 0 aromatic heterocycles. The van der Waals surface area contributed by atoms with Gasteiger partial charge in [-0.25, -0.2) is 8.42 Å². The molecule has 2 fully saturated rings. The molecule has 0 bridgehead atoms. The van der Waals surface area contributed by atoms with Gasteiger partial charge in [0.15, 0.2) is 0 Å². The van der Waals surface area contributed by atoms with Gasteiger partial charge >= 0.3 is 0 Å². The van der Waals surface area contributed by atoms with Crippen molar-refractivity contribution in [2.24, 2.45) is 5.92 Å². The van der Waals surface area contributed by atoms with Crippen LogP contribution in [0.5, 0.6) is 0 Å². The van der Waals surface area contributed by atoms with Gasteiger partial charge in [0.1, 0.15) is 16.1 Å². The van der Waals surface area contributed by atoms with Crippen LogP contribution >= 0.6 is 12.4 Å². The third-order valence-electron chi connectivity index (χ3n) is 3.01. The van der Waals surface area contributed by atoms with Crippen LogP contribution in [0.2, 0.25) is 0 Å². The molecule has 0 aromatic rings. The number of halogens is 1. The van der Waals surface area contributed by atoms with Gasteiger partial charge in [0.05, 0.1) is 18.1 Å². The molecule has 2 heterocycles. The topological polar surface area (TPSA) is 55.4 Å². The lowest BCUT2D eigenvalue weighted by molar-refractivity contribution is 0.0779. The minimum atomic E-state index is -2.71. The molecule has 0 aromatic carbocycles. The molecular weight excluding hydrogens is 238 g/mol. The molecule has 1 N–H and O–H groups in total. The van der Waals surface area contributed by atoms with Gasteiger partial charge in [0, 0.05) is 6.54 Å². The Bertz CT molecular complexity index is 274. The Morgan fingerprint density at radius 2 is 1.93 bits per heavy atom. The van der Waals surface area contributed by atoms with Crippen LogP contribution in [0.15, 0.2) is 0 Å². The van der Waals surface area contributed by atoms with Crippen molar-refractivity contribution in [3.8, 4) is 0 Å². The van der Waals surface area contributed by atoms with E-state index in [1.54, 1.807) is 0 Å². The van der Waals surface area contributed by atoms with E-state index in [0.717, 1.165) is 32.4 Å². The lowest BCUT2D eigenvalue weighted by atomic mass is 9.98. The third kappa shape index (κ3) is 3.90. The van der Waals surface area contributed by atoms with Crippen LogP contribution in [0.3, 0.4) is 0 Å². The average Bonchev–Trinajstić information content (AvgIpc) is 2.61. The maximum atomic E-state index is 11.2. The summed E-state index contributed by atoms with van der Waals surface area (Å²) in [5, 5.41) is 3.25. The van der Waals surface area contributed by atoms with Crippen molar-refractivity contribution in [2.45, 2.75) is 25.5 Å². The molecule has 1 unspecified atom stereocenters. The maximum absolute atomic E-state index is 11.2. The van der Waals surface area contributed by atoms with E-state index in [-0.39, 0.29) is 18.6 Å². The molecule has 0 spiro atoms. The van der Waals surface area contributed by atoms with Gasteiger partial charge in [0.2, 0.25) is 0 Å². The second-order valence-electron chi connectivity index (χ2n) is 4.14. The van der Waals surface area contributed by atoms with Crippen molar-refractivity contribution in [2.75, 3.05) is 24.7 Å². The summed E-state index contributed by atoms with van der Waals surface area (Å²) in [6.07, 6.45) is 2.75. The van der Waals surface area contributed by atoms with Crippen LogP contribution in [-0.4, -0.2) is 39.3 Å². The van der Waals surface area contributed by atoms with Gasteiger partial charge in [-0.2, -0.15) is 0 Å². The Morgan fingerprint density at radius 3 is 2.47 bits per heavy atom. The Kier molecular flexibility index (Phi) is 4.83. The zero-order valence-corrected chi connectivity index (χ0v) is 10.3. The van der Waals surface area contributed by atoms with Gasteiger partial charge in [-0.3, -0.25) is 5.32 Å². The van der Waals surface area contributed by atoms with Crippen LogP contribution < -0.4 is 5.32 Å². The van der Waals surface area contributed by atoms with Crippen LogP contribution in [0.25, 0.3) is 0 Å². The molecule has 1 atom stereocenters. The molecule has 2 rings (SSSR count). The van der Waals surface area contributed by atoms with Gasteiger partial charge < -0.3 is 4.74 Å². The summed E-state index contributed by atoms with van der Waals surface area (Å²) in [7, 11) is -2.71. The summed E-state index contributed by atoms with van der Waals surface area (Å²) in [6.45, 7) is 1.71. The Morgan fingerprint density at radius 1 is 1.27 bits per heavy atom. The normalized spacial score (nSPS) is 31.1. The van der Waals surface area contributed by atoms with Crippen molar-refractivity contribution < 1.29 is 13.2 Å². The molecule has 0 aliphatic carbocycles. The summed E-state index contributed by atoms with van der Waals surface area (Å²) < 4.78 is 27.8. The molecule has 2 aliphatic heterocycles. The van der Waals surface area contributed by atoms with Crippen molar-refractivity contribution in [1.29, 1.82) is 0 Å². The second kappa shape index (κ2) is 5.48. The summed E-state index contributed by atoms with van der Waals surface area (Å²) in [4.78, 5) is 0. The van der Waals surface area contributed by atoms with E-state index in [0.29, 0.717) is 17.4 Å². The van der Waals surface area contributed by atoms with Crippen LogP contribution in [0.1, 0.15) is 19.3 Å². The highest BCUT2D eigenvalue weighted by Crippen LogP contribution is 2.24. The van der Waals surface area contributed by atoms with E-state index in [1.807, 2.05) is 0 Å². The number of sulfone groups is 1. The molecular formula is C9H18ClNO3S. The number of ether oxygens (including phenoxy) is 1. The fourth-order valence-corrected chi connectivity index (χ4v) is 3.70. The number of hydrogen-bond acceptors (Lipinski definition) is 4. The van der Waals surface area contributed by atoms with E-state index in [2.05, 4.69) is 5.32 Å². The van der Waals surface area contributed by atoms with Gasteiger partial charge in [-0.1, -0.05) is 0 Å². The lowest BCUT2D eigenvalue weighted by Crippen LogP contribution is -2.30. The summed E-state index contributed by atoms with van der Waals surface area (Å²) in [5.74, 6) is 1.25. The molecule has 0 saturated carbocycles. The molecule has 0 amide bonds. The highest BCUT2D eigenvalue weighted by atomic mass is 35.5. The summed E-state index contributed by atoms with van der Waals surface area (Å²) >= 11 is 0. The van der Waals surface area contributed by atoms with Crippen molar-refractivity contribution in [3.63, 3.8) is 0 Å². The monoisotopic (exact) mass is 255 g/mol. The van der Waals surface area contributed by atoms with Crippen molar-refractivity contribution in [1.82, 2.24) is 5.32 Å². The van der Waals surface area contributed by atoms with E-state index in [4.69, 9.17) is 4.74 Å². The molecule has 2 saturated heterocycles. The molecule has 4 nitrogen and oxygen atoms in total. The van der Waals surface area contributed by atoms with Gasteiger partial charge in [-0.05, 0) is 25.2 Å². The Hall–Kier alpha value is 0.160. The maximum Gasteiger partial charge on any atom is 0.150 e. The third-order valence-corrected chi connectivity index (χ3v) is 4.73. The lowest BCUT2D eigenvalue weighted by Gasteiger charge is -2.24. The molecule has 15 heavy (non-hydrogen) atoms. The van der Waals surface area contributed by atoms with Crippen LogP contribution in [0, 0.1) is 5.92 Å². The zero-order valence-electron chi connectivity index (χ0n) is 8.65. The van der Waals surface area contributed by atoms with Crippen LogP contribution in [-0.2, 0) is 14.6 Å². The van der Waals surface area contributed by atoms with Crippen molar-refractivity contribution in [3.05, 3.63) is 0 Å². The first-order valence-corrected chi connectivity index (χ1v) is 7.03. The fourth-order valence-electron chi connectivity index (χ4n) is 2.11. The largest absolute Gasteiger partial charge is 0.362 e. The first-order chi connectivity index (χ1) is 6.66. The Labute approximate surface area is 97.1 Å². The molecule has 2 aliphatic rings. The average molecular weight is 256 g/mol.